The Hall–Kier alpha value is -4.05. The van der Waals surface area contributed by atoms with Gasteiger partial charge in [0.05, 0.1) is 16.9 Å². The van der Waals surface area contributed by atoms with Gasteiger partial charge in [-0.05, 0) is 65.6 Å². The Morgan fingerprint density at radius 3 is 2.86 bits per heavy atom. The molecule has 2 heterocycles. The lowest BCUT2D eigenvalue weighted by atomic mass is 10.1. The van der Waals surface area contributed by atoms with Gasteiger partial charge in [-0.2, -0.15) is 0 Å². The lowest BCUT2D eigenvalue weighted by molar-refractivity contribution is -0.123. The van der Waals surface area contributed by atoms with Crippen molar-refractivity contribution in [3.63, 3.8) is 0 Å². The first kappa shape index (κ1) is 24.1. The second kappa shape index (κ2) is 11.4. The normalized spacial score (nSPS) is 17.2. The fourth-order valence-electron chi connectivity index (χ4n) is 3.73. The van der Waals surface area contributed by atoms with Crippen LogP contribution in [0, 0.1) is 0 Å². The zero-order valence-electron chi connectivity index (χ0n) is 18.8. The number of halogens is 1. The largest absolute Gasteiger partial charge is 0.354 e. The average Bonchev–Trinajstić information content (AvgIpc) is 3.37. The molecule has 0 saturated heterocycles. The number of para-hydroxylation sites is 1. The minimum Gasteiger partial charge on any atom is -0.354 e. The molecule has 0 unspecified atom stereocenters. The van der Waals surface area contributed by atoms with E-state index in [1.165, 1.54) is 11.0 Å². The lowest BCUT2D eigenvalue weighted by Crippen LogP contribution is -2.47. The zero-order valence-corrected chi connectivity index (χ0v) is 19.5. The number of hydrogen-bond acceptors (Lipinski definition) is 6. The molecule has 0 spiro atoms. The van der Waals surface area contributed by atoms with E-state index in [-0.39, 0.29) is 18.2 Å². The molecule has 1 atom stereocenters. The van der Waals surface area contributed by atoms with Crippen LogP contribution in [0.3, 0.4) is 0 Å². The molecule has 0 fully saturated rings. The highest BCUT2D eigenvalue weighted by molar-refractivity contribution is 6.30. The summed E-state index contributed by atoms with van der Waals surface area (Å²) in [6.45, 7) is 0.316. The first-order valence-corrected chi connectivity index (χ1v) is 11.5. The van der Waals surface area contributed by atoms with Gasteiger partial charge in [0.2, 0.25) is 11.8 Å². The van der Waals surface area contributed by atoms with Crippen LogP contribution >= 0.6 is 11.6 Å². The van der Waals surface area contributed by atoms with Crippen molar-refractivity contribution < 1.29 is 14.4 Å². The molecule has 11 heteroatoms. The zero-order chi connectivity index (χ0) is 24.6. The number of fused-ring (bicyclic) bond motifs is 1. The van der Waals surface area contributed by atoms with E-state index in [1.807, 2.05) is 12.1 Å². The summed E-state index contributed by atoms with van der Waals surface area (Å²) >= 11 is 6.17. The van der Waals surface area contributed by atoms with Gasteiger partial charge in [0.1, 0.15) is 12.4 Å². The maximum absolute atomic E-state index is 13.0. The lowest BCUT2D eigenvalue weighted by Gasteiger charge is -2.19. The van der Waals surface area contributed by atoms with Crippen molar-refractivity contribution in [1.29, 1.82) is 0 Å². The van der Waals surface area contributed by atoms with Crippen LogP contribution in [0.1, 0.15) is 35.2 Å². The van der Waals surface area contributed by atoms with Crippen LogP contribution in [0.15, 0.2) is 60.9 Å². The van der Waals surface area contributed by atoms with Gasteiger partial charge < -0.3 is 16.0 Å². The molecule has 3 N–H and O–H groups in total. The quantitative estimate of drug-likeness (QED) is 0.468. The Labute approximate surface area is 206 Å². The highest BCUT2D eigenvalue weighted by Gasteiger charge is 2.22. The highest BCUT2D eigenvalue weighted by Crippen LogP contribution is 2.20. The number of tetrazole rings is 1. The molecule has 1 aromatic heterocycles. The Balaban J connectivity index is 1.45. The van der Waals surface area contributed by atoms with Crippen LogP contribution in [-0.2, 0) is 16.0 Å². The average molecular weight is 494 g/mol. The third kappa shape index (κ3) is 6.30. The minimum atomic E-state index is -0.778. The van der Waals surface area contributed by atoms with Crippen LogP contribution in [0.4, 0.5) is 5.69 Å². The minimum absolute atomic E-state index is 0.174. The third-order valence-electron chi connectivity index (χ3n) is 5.48. The van der Waals surface area contributed by atoms with E-state index in [9.17, 15) is 14.4 Å². The number of anilines is 1. The Morgan fingerprint density at radius 1 is 1.17 bits per heavy atom. The summed E-state index contributed by atoms with van der Waals surface area (Å²) in [5.41, 5.74) is 2.33. The van der Waals surface area contributed by atoms with E-state index < -0.39 is 11.9 Å². The van der Waals surface area contributed by atoms with Crippen molar-refractivity contribution in [1.82, 2.24) is 30.8 Å². The first-order chi connectivity index (χ1) is 17.0. The van der Waals surface area contributed by atoms with Gasteiger partial charge in [-0.25, -0.2) is 4.68 Å². The summed E-state index contributed by atoms with van der Waals surface area (Å²) in [6, 6.07) is 11.3. The number of nitrogens with one attached hydrogen (secondary N) is 3. The Kier molecular flexibility index (Phi) is 7.84. The molecule has 0 radical (unpaired) electrons. The molecule has 0 bridgehead atoms. The predicted molar refractivity (Wildman–Crippen MR) is 130 cm³/mol. The summed E-state index contributed by atoms with van der Waals surface area (Å²) < 4.78 is 1.53. The molecule has 10 nitrogen and oxygen atoms in total. The standard InChI is InChI=1S/C24H24ClN7O3/c25-17-10-11-21(32-15-27-30-31-32)16(14-17)12-13-26-24(35)20-8-2-1-3-9-22(33)28-19-7-5-4-6-18(19)23(34)29-20/h1-2,4-7,10-11,14-15,20H,3,8-9,12-13H2,(H,26,35)(H,28,33)(H,29,34)/b2-1+/t20-/m1/s1. The molecule has 1 aliphatic heterocycles. The second-order valence-electron chi connectivity index (χ2n) is 7.93. The molecule has 3 aromatic rings. The van der Waals surface area contributed by atoms with E-state index in [0.29, 0.717) is 42.1 Å². The van der Waals surface area contributed by atoms with E-state index >= 15 is 0 Å². The molecule has 35 heavy (non-hydrogen) atoms. The molecular weight excluding hydrogens is 470 g/mol. The molecule has 2 aromatic carbocycles. The number of aromatic nitrogens is 4. The van der Waals surface area contributed by atoms with Crippen molar-refractivity contribution >= 4 is 35.0 Å². The van der Waals surface area contributed by atoms with E-state index in [2.05, 4.69) is 31.5 Å². The van der Waals surface area contributed by atoms with Crippen LogP contribution in [0.2, 0.25) is 5.02 Å². The van der Waals surface area contributed by atoms with Crippen LogP contribution in [0.5, 0.6) is 0 Å². The van der Waals surface area contributed by atoms with E-state index in [0.717, 1.165) is 11.3 Å². The number of allylic oxidation sites excluding steroid dienone is 1. The van der Waals surface area contributed by atoms with Crippen LogP contribution in [-0.4, -0.2) is 50.5 Å². The fourth-order valence-corrected chi connectivity index (χ4v) is 3.92. The third-order valence-corrected chi connectivity index (χ3v) is 5.71. The number of carbonyl (C=O) groups is 3. The van der Waals surface area contributed by atoms with Gasteiger partial charge in [-0.1, -0.05) is 35.9 Å². The summed E-state index contributed by atoms with van der Waals surface area (Å²) in [5.74, 6) is -0.926. The Morgan fingerprint density at radius 2 is 2.03 bits per heavy atom. The van der Waals surface area contributed by atoms with E-state index in [1.54, 1.807) is 42.5 Å². The second-order valence-corrected chi connectivity index (χ2v) is 8.37. The summed E-state index contributed by atoms with van der Waals surface area (Å²) in [4.78, 5) is 38.1. The van der Waals surface area contributed by atoms with Gasteiger partial charge in [0, 0.05) is 18.0 Å². The number of carbonyl (C=O) groups excluding carboxylic acids is 3. The van der Waals surface area contributed by atoms with Gasteiger partial charge in [0.25, 0.3) is 5.91 Å². The van der Waals surface area contributed by atoms with Crippen LogP contribution in [0.25, 0.3) is 5.69 Å². The number of amides is 3. The van der Waals surface area contributed by atoms with Crippen molar-refractivity contribution in [3.05, 3.63) is 77.1 Å². The molecule has 3 amide bonds. The van der Waals surface area contributed by atoms with Gasteiger partial charge >= 0.3 is 0 Å². The van der Waals surface area contributed by atoms with Gasteiger partial charge in [-0.3, -0.25) is 14.4 Å². The number of hydrogen-bond donors (Lipinski definition) is 3. The van der Waals surface area contributed by atoms with Crippen molar-refractivity contribution in [3.8, 4) is 5.69 Å². The maximum Gasteiger partial charge on any atom is 0.254 e. The monoisotopic (exact) mass is 493 g/mol. The molecule has 1 aliphatic rings. The van der Waals surface area contributed by atoms with Crippen LogP contribution < -0.4 is 16.0 Å². The molecule has 0 saturated carbocycles. The molecular formula is C24H24ClN7O3. The smallest absolute Gasteiger partial charge is 0.254 e. The first-order valence-electron chi connectivity index (χ1n) is 11.2. The summed E-state index contributed by atoms with van der Waals surface area (Å²) in [6.07, 6.45) is 6.72. The van der Waals surface area contributed by atoms with Crippen molar-refractivity contribution in [2.24, 2.45) is 0 Å². The predicted octanol–water partition coefficient (Wildman–Crippen LogP) is 2.45. The molecule has 4 rings (SSSR count). The summed E-state index contributed by atoms with van der Waals surface area (Å²) in [7, 11) is 0. The fraction of sp³-hybridized carbons (Fsp3) is 0.250. The number of nitrogens with zero attached hydrogens (tertiary/aromatic N) is 4. The summed E-state index contributed by atoms with van der Waals surface area (Å²) in [5, 5.41) is 20.3. The maximum atomic E-state index is 13.0. The Bertz CT molecular complexity index is 1240. The highest BCUT2D eigenvalue weighted by atomic mass is 35.5. The number of benzene rings is 2. The SMILES string of the molecule is O=C1CC/C=C/C[C@H](C(=O)NCCc2cc(Cl)ccc2-n2cnnn2)NC(=O)c2ccccc2N1. The van der Waals surface area contributed by atoms with Crippen molar-refractivity contribution in [2.45, 2.75) is 31.7 Å². The number of rotatable bonds is 5. The van der Waals surface area contributed by atoms with E-state index in [4.69, 9.17) is 11.6 Å². The van der Waals surface area contributed by atoms with Crippen molar-refractivity contribution in [2.75, 3.05) is 11.9 Å². The molecule has 0 aliphatic carbocycles. The topological polar surface area (TPSA) is 131 Å². The van der Waals surface area contributed by atoms with Gasteiger partial charge in [0.15, 0.2) is 0 Å². The molecule has 180 valence electrons. The van der Waals surface area contributed by atoms with Gasteiger partial charge in [-0.15, -0.1) is 5.10 Å².